The van der Waals surface area contributed by atoms with Gasteiger partial charge in [-0.3, -0.25) is 19.5 Å². The highest BCUT2D eigenvalue weighted by Crippen LogP contribution is 2.38. The monoisotopic (exact) mass is 351 g/mol. The average molecular weight is 351 g/mol. The fourth-order valence-electron chi connectivity index (χ4n) is 3.61. The Bertz CT molecular complexity index is 803. The lowest BCUT2D eigenvalue weighted by molar-refractivity contribution is -0.121. The van der Waals surface area contributed by atoms with Crippen LogP contribution in [-0.2, 0) is 9.53 Å². The predicted octanol–water partition coefficient (Wildman–Crippen LogP) is 2.47. The van der Waals surface area contributed by atoms with E-state index in [1.165, 1.54) is 0 Å². The number of fused-ring (bicyclic) bond motifs is 1. The molecule has 1 aromatic carbocycles. The molecule has 6 heteroatoms. The fraction of sp³-hybridized carbons (Fsp3) is 0.350. The summed E-state index contributed by atoms with van der Waals surface area (Å²) < 4.78 is 5.55. The SMILES string of the molecule is O=C(C[C@H]1c2ncccc2C(=O)N1c1ccccc1)NC[C@H]1CCCO1. The van der Waals surface area contributed by atoms with E-state index in [4.69, 9.17) is 4.74 Å². The van der Waals surface area contributed by atoms with Gasteiger partial charge >= 0.3 is 0 Å². The fourth-order valence-corrected chi connectivity index (χ4v) is 3.61. The summed E-state index contributed by atoms with van der Waals surface area (Å²) in [7, 11) is 0. The molecule has 2 aliphatic rings. The lowest BCUT2D eigenvalue weighted by Gasteiger charge is -2.24. The van der Waals surface area contributed by atoms with Crippen LogP contribution in [0.3, 0.4) is 0 Å². The lowest BCUT2D eigenvalue weighted by atomic mass is 10.1. The lowest BCUT2D eigenvalue weighted by Crippen LogP contribution is -2.36. The summed E-state index contributed by atoms with van der Waals surface area (Å²) in [5.41, 5.74) is 1.99. The molecular weight excluding hydrogens is 330 g/mol. The molecule has 2 atom stereocenters. The van der Waals surface area contributed by atoms with Crippen molar-refractivity contribution in [3.05, 3.63) is 59.9 Å². The summed E-state index contributed by atoms with van der Waals surface area (Å²) in [6.07, 6.45) is 3.95. The van der Waals surface area contributed by atoms with Crippen LogP contribution in [0.25, 0.3) is 0 Å². The van der Waals surface area contributed by atoms with Crippen LogP contribution in [0.4, 0.5) is 5.69 Å². The minimum Gasteiger partial charge on any atom is -0.376 e. The van der Waals surface area contributed by atoms with Gasteiger partial charge in [-0.2, -0.15) is 0 Å². The number of carbonyl (C=O) groups is 2. The van der Waals surface area contributed by atoms with E-state index < -0.39 is 6.04 Å². The molecule has 1 aromatic heterocycles. The molecule has 1 saturated heterocycles. The van der Waals surface area contributed by atoms with Crippen LogP contribution in [0.1, 0.15) is 41.4 Å². The standard InChI is InChI=1S/C20H21N3O3/c24-18(22-13-15-8-5-11-26-15)12-17-19-16(9-4-10-21-19)20(25)23(17)14-6-2-1-3-7-14/h1-4,6-7,9-10,15,17H,5,8,11-13H2,(H,22,24)/t15-,17+/m1/s1. The summed E-state index contributed by atoms with van der Waals surface area (Å²) in [6, 6.07) is 12.5. The molecule has 0 unspecified atom stereocenters. The number of para-hydroxylation sites is 1. The molecule has 26 heavy (non-hydrogen) atoms. The third-order valence-electron chi connectivity index (χ3n) is 4.88. The zero-order valence-electron chi connectivity index (χ0n) is 14.4. The molecule has 0 spiro atoms. The largest absolute Gasteiger partial charge is 0.376 e. The Morgan fingerprint density at radius 2 is 2.08 bits per heavy atom. The Morgan fingerprint density at radius 1 is 1.23 bits per heavy atom. The van der Waals surface area contributed by atoms with Crippen LogP contribution in [0.5, 0.6) is 0 Å². The summed E-state index contributed by atoms with van der Waals surface area (Å²) in [5.74, 6) is -0.214. The molecule has 1 fully saturated rings. The predicted molar refractivity (Wildman–Crippen MR) is 96.8 cm³/mol. The highest BCUT2D eigenvalue weighted by molar-refractivity contribution is 6.11. The highest BCUT2D eigenvalue weighted by Gasteiger charge is 2.39. The van der Waals surface area contributed by atoms with Gasteiger partial charge in [-0.25, -0.2) is 0 Å². The van der Waals surface area contributed by atoms with Gasteiger partial charge in [0, 0.05) is 25.0 Å². The highest BCUT2D eigenvalue weighted by atomic mass is 16.5. The van der Waals surface area contributed by atoms with Crippen molar-refractivity contribution in [1.82, 2.24) is 10.3 Å². The number of hydrogen-bond donors (Lipinski definition) is 1. The molecule has 0 bridgehead atoms. The Morgan fingerprint density at radius 3 is 2.85 bits per heavy atom. The third kappa shape index (κ3) is 3.20. The van der Waals surface area contributed by atoms with Gasteiger partial charge in [0.25, 0.3) is 5.91 Å². The number of carbonyl (C=O) groups excluding carboxylic acids is 2. The van der Waals surface area contributed by atoms with Gasteiger partial charge in [0.2, 0.25) is 5.91 Å². The maximum Gasteiger partial charge on any atom is 0.260 e. The van der Waals surface area contributed by atoms with Gasteiger partial charge in [-0.05, 0) is 37.1 Å². The van der Waals surface area contributed by atoms with Crippen molar-refractivity contribution in [2.24, 2.45) is 0 Å². The van der Waals surface area contributed by atoms with Crippen molar-refractivity contribution in [2.45, 2.75) is 31.4 Å². The van der Waals surface area contributed by atoms with E-state index in [0.29, 0.717) is 17.8 Å². The van der Waals surface area contributed by atoms with E-state index in [9.17, 15) is 9.59 Å². The summed E-state index contributed by atoms with van der Waals surface area (Å²) >= 11 is 0. The van der Waals surface area contributed by atoms with E-state index in [1.807, 2.05) is 30.3 Å². The molecule has 0 saturated carbocycles. The van der Waals surface area contributed by atoms with Gasteiger partial charge in [-0.1, -0.05) is 18.2 Å². The maximum atomic E-state index is 12.9. The van der Waals surface area contributed by atoms with Crippen LogP contribution >= 0.6 is 0 Å². The van der Waals surface area contributed by atoms with Crippen molar-refractivity contribution in [3.8, 4) is 0 Å². The van der Waals surface area contributed by atoms with Gasteiger partial charge in [-0.15, -0.1) is 0 Å². The van der Waals surface area contributed by atoms with Crippen LogP contribution < -0.4 is 10.2 Å². The first-order valence-electron chi connectivity index (χ1n) is 8.96. The molecule has 2 aromatic rings. The Hall–Kier alpha value is -2.73. The second kappa shape index (κ2) is 7.25. The zero-order chi connectivity index (χ0) is 17.9. The number of nitrogens with zero attached hydrogens (tertiary/aromatic N) is 2. The number of aromatic nitrogens is 1. The summed E-state index contributed by atoms with van der Waals surface area (Å²) in [6.45, 7) is 1.27. The molecular formula is C20H21N3O3. The van der Waals surface area contributed by atoms with Crippen LogP contribution in [0, 0.1) is 0 Å². The smallest absolute Gasteiger partial charge is 0.260 e. The molecule has 0 aliphatic carbocycles. The summed E-state index contributed by atoms with van der Waals surface area (Å²) in [4.78, 5) is 31.5. The number of ether oxygens (including phenoxy) is 1. The van der Waals surface area contributed by atoms with Gasteiger partial charge in [0.05, 0.1) is 29.8 Å². The number of anilines is 1. The van der Waals surface area contributed by atoms with E-state index >= 15 is 0 Å². The molecule has 2 amide bonds. The van der Waals surface area contributed by atoms with Crippen LogP contribution in [-0.4, -0.2) is 36.1 Å². The Labute approximate surface area is 152 Å². The van der Waals surface area contributed by atoms with E-state index in [2.05, 4.69) is 10.3 Å². The van der Waals surface area contributed by atoms with Gasteiger partial charge in [0.15, 0.2) is 0 Å². The van der Waals surface area contributed by atoms with Crippen LogP contribution in [0.2, 0.25) is 0 Å². The van der Waals surface area contributed by atoms with Gasteiger partial charge < -0.3 is 10.1 Å². The normalized spacial score (nSPS) is 21.7. The van der Waals surface area contributed by atoms with Crippen molar-refractivity contribution in [2.75, 3.05) is 18.1 Å². The maximum absolute atomic E-state index is 12.9. The van der Waals surface area contributed by atoms with Crippen LogP contribution in [0.15, 0.2) is 48.7 Å². The molecule has 0 radical (unpaired) electrons. The minimum atomic E-state index is -0.398. The molecule has 134 valence electrons. The van der Waals surface area contributed by atoms with E-state index in [0.717, 1.165) is 25.1 Å². The molecule has 4 rings (SSSR count). The minimum absolute atomic E-state index is 0.0970. The number of nitrogens with one attached hydrogen (secondary N) is 1. The van der Waals surface area contributed by atoms with E-state index in [1.54, 1.807) is 23.2 Å². The Kier molecular flexibility index (Phi) is 4.67. The van der Waals surface area contributed by atoms with Crippen molar-refractivity contribution in [1.29, 1.82) is 0 Å². The van der Waals surface area contributed by atoms with Crippen molar-refractivity contribution >= 4 is 17.5 Å². The number of rotatable bonds is 5. The van der Waals surface area contributed by atoms with Crippen molar-refractivity contribution < 1.29 is 14.3 Å². The number of hydrogen-bond acceptors (Lipinski definition) is 4. The topological polar surface area (TPSA) is 71.5 Å². The third-order valence-corrected chi connectivity index (χ3v) is 4.88. The first kappa shape index (κ1) is 16.7. The number of benzene rings is 1. The van der Waals surface area contributed by atoms with E-state index in [-0.39, 0.29) is 24.3 Å². The zero-order valence-corrected chi connectivity index (χ0v) is 14.4. The number of amides is 2. The molecule has 1 N–H and O–H groups in total. The number of pyridine rings is 1. The molecule has 3 heterocycles. The van der Waals surface area contributed by atoms with Crippen molar-refractivity contribution in [3.63, 3.8) is 0 Å². The Balaban J connectivity index is 1.54. The average Bonchev–Trinajstić information content (AvgIpc) is 3.28. The molecule has 6 nitrogen and oxygen atoms in total. The van der Waals surface area contributed by atoms with Gasteiger partial charge in [0.1, 0.15) is 0 Å². The second-order valence-corrected chi connectivity index (χ2v) is 6.61. The summed E-state index contributed by atoms with van der Waals surface area (Å²) in [5, 5.41) is 2.94. The molecule has 2 aliphatic heterocycles. The quantitative estimate of drug-likeness (QED) is 0.898. The second-order valence-electron chi connectivity index (χ2n) is 6.61. The first-order valence-corrected chi connectivity index (χ1v) is 8.96. The first-order chi connectivity index (χ1) is 12.7.